The van der Waals surface area contributed by atoms with E-state index >= 15 is 0 Å². The van der Waals surface area contributed by atoms with Crippen molar-refractivity contribution in [2.45, 2.75) is 12.1 Å². The summed E-state index contributed by atoms with van der Waals surface area (Å²) < 4.78 is 0. The van der Waals surface area contributed by atoms with Crippen LogP contribution in [0.4, 0.5) is 0 Å². The van der Waals surface area contributed by atoms with Crippen molar-refractivity contribution >= 4 is 23.2 Å². The van der Waals surface area contributed by atoms with E-state index in [-0.39, 0.29) is 0 Å². The Labute approximate surface area is 142 Å². The molecule has 2 aromatic carbocycles. The molecule has 2 atom stereocenters. The molecule has 1 heterocycles. The Morgan fingerprint density at radius 2 is 1.00 bits per heavy atom. The van der Waals surface area contributed by atoms with E-state index in [0.29, 0.717) is 12.1 Å². The third-order valence-corrected chi connectivity index (χ3v) is 5.00. The lowest BCUT2D eigenvalue weighted by Crippen LogP contribution is -2.46. The minimum atomic E-state index is 0.394. The summed E-state index contributed by atoms with van der Waals surface area (Å²) in [5, 5.41) is 1.57. The second-order valence-corrected chi connectivity index (χ2v) is 6.89. The summed E-state index contributed by atoms with van der Waals surface area (Å²) in [5.41, 5.74) is 2.63. The van der Waals surface area contributed by atoms with Gasteiger partial charge in [-0.3, -0.25) is 9.80 Å². The molecule has 22 heavy (non-hydrogen) atoms. The number of piperazine rings is 1. The Hall–Kier alpha value is -1.06. The van der Waals surface area contributed by atoms with Gasteiger partial charge in [-0.1, -0.05) is 47.5 Å². The van der Waals surface area contributed by atoms with Gasteiger partial charge in [-0.2, -0.15) is 0 Å². The average Bonchev–Trinajstić information content (AvgIpc) is 2.51. The van der Waals surface area contributed by atoms with Gasteiger partial charge in [-0.25, -0.2) is 0 Å². The van der Waals surface area contributed by atoms with Crippen LogP contribution in [0, 0.1) is 0 Å². The zero-order valence-electron chi connectivity index (χ0n) is 12.8. The number of hydrogen-bond acceptors (Lipinski definition) is 2. The predicted octanol–water partition coefficient (Wildman–Crippen LogP) is 4.65. The minimum Gasteiger partial charge on any atom is -0.296 e. The number of benzene rings is 2. The van der Waals surface area contributed by atoms with Gasteiger partial charge in [0.2, 0.25) is 0 Å². The standard InChI is InChI=1S/C18H20Cl2N2/c1-21-11-18(14-5-9-16(20)10-6-14)22(2)12-17(21)13-3-7-15(19)8-4-13/h3-10,17-18H,11-12H2,1-2H3/t17-,18+. The van der Waals surface area contributed by atoms with Crippen LogP contribution in [0.3, 0.4) is 0 Å². The number of nitrogens with zero attached hydrogens (tertiary/aromatic N) is 2. The SMILES string of the molecule is CN1C[C@@H](c2ccc(Cl)cc2)N(C)C[C@@H]1c1ccc(Cl)cc1. The molecule has 2 aromatic rings. The Bertz CT molecular complexity index is 567. The second kappa shape index (κ2) is 6.59. The van der Waals surface area contributed by atoms with Gasteiger partial charge in [0.15, 0.2) is 0 Å². The van der Waals surface area contributed by atoms with Crippen LogP contribution < -0.4 is 0 Å². The maximum absolute atomic E-state index is 6.00. The molecule has 0 N–H and O–H groups in total. The lowest BCUT2D eigenvalue weighted by Gasteiger charge is -2.43. The van der Waals surface area contributed by atoms with E-state index in [4.69, 9.17) is 23.2 Å². The molecule has 1 aliphatic heterocycles. The maximum atomic E-state index is 6.00. The predicted molar refractivity (Wildman–Crippen MR) is 93.6 cm³/mol. The zero-order valence-corrected chi connectivity index (χ0v) is 14.3. The highest BCUT2D eigenvalue weighted by atomic mass is 35.5. The molecule has 1 fully saturated rings. The van der Waals surface area contributed by atoms with Crippen molar-refractivity contribution in [1.82, 2.24) is 9.80 Å². The van der Waals surface area contributed by atoms with Crippen LogP contribution >= 0.6 is 23.2 Å². The largest absolute Gasteiger partial charge is 0.296 e. The van der Waals surface area contributed by atoms with Gasteiger partial charge in [-0.15, -0.1) is 0 Å². The van der Waals surface area contributed by atoms with Crippen molar-refractivity contribution in [2.75, 3.05) is 27.2 Å². The Morgan fingerprint density at radius 3 is 1.32 bits per heavy atom. The summed E-state index contributed by atoms with van der Waals surface area (Å²) in [6.45, 7) is 1.98. The topological polar surface area (TPSA) is 6.48 Å². The number of likely N-dealkylation sites (N-methyl/N-ethyl adjacent to an activating group) is 2. The molecule has 0 spiro atoms. The average molecular weight is 335 g/mol. The van der Waals surface area contributed by atoms with E-state index in [1.807, 2.05) is 24.3 Å². The molecule has 116 valence electrons. The third kappa shape index (κ3) is 3.31. The molecule has 0 amide bonds. The smallest absolute Gasteiger partial charge is 0.0473 e. The van der Waals surface area contributed by atoms with Crippen molar-refractivity contribution in [3.63, 3.8) is 0 Å². The fourth-order valence-electron chi connectivity index (χ4n) is 3.17. The van der Waals surface area contributed by atoms with Gasteiger partial charge < -0.3 is 0 Å². The number of halogens is 2. The first-order chi connectivity index (χ1) is 10.5. The van der Waals surface area contributed by atoms with Crippen LogP contribution in [0.5, 0.6) is 0 Å². The second-order valence-electron chi connectivity index (χ2n) is 6.01. The lowest BCUT2D eigenvalue weighted by molar-refractivity contribution is 0.0623. The van der Waals surface area contributed by atoms with Crippen molar-refractivity contribution in [2.24, 2.45) is 0 Å². The van der Waals surface area contributed by atoms with Crippen molar-refractivity contribution < 1.29 is 0 Å². The van der Waals surface area contributed by atoms with E-state index in [9.17, 15) is 0 Å². The first-order valence-electron chi connectivity index (χ1n) is 7.46. The minimum absolute atomic E-state index is 0.394. The molecule has 4 heteroatoms. The zero-order chi connectivity index (χ0) is 15.7. The number of hydrogen-bond donors (Lipinski definition) is 0. The molecule has 2 nitrogen and oxygen atoms in total. The molecule has 0 aliphatic carbocycles. The normalized spacial score (nSPS) is 23.6. The summed E-state index contributed by atoms with van der Waals surface area (Å²) in [6.07, 6.45) is 0. The van der Waals surface area contributed by atoms with E-state index in [1.54, 1.807) is 0 Å². The van der Waals surface area contributed by atoms with E-state index in [1.165, 1.54) is 11.1 Å². The highest BCUT2D eigenvalue weighted by Gasteiger charge is 2.31. The van der Waals surface area contributed by atoms with Crippen LogP contribution in [0.1, 0.15) is 23.2 Å². The van der Waals surface area contributed by atoms with Crippen LogP contribution in [0.25, 0.3) is 0 Å². The quantitative estimate of drug-likeness (QED) is 0.788. The van der Waals surface area contributed by atoms with Crippen LogP contribution in [0.2, 0.25) is 10.0 Å². The summed E-state index contributed by atoms with van der Waals surface area (Å²) >= 11 is 12.0. The summed E-state index contributed by atoms with van der Waals surface area (Å²) in [5.74, 6) is 0. The molecular weight excluding hydrogens is 315 g/mol. The molecule has 0 saturated carbocycles. The fourth-order valence-corrected chi connectivity index (χ4v) is 3.42. The van der Waals surface area contributed by atoms with Crippen LogP contribution in [0.15, 0.2) is 48.5 Å². The molecule has 0 bridgehead atoms. The van der Waals surface area contributed by atoms with Gasteiger partial charge in [-0.05, 0) is 49.5 Å². The molecule has 0 radical (unpaired) electrons. The van der Waals surface area contributed by atoms with Gasteiger partial charge in [0, 0.05) is 35.2 Å². The van der Waals surface area contributed by atoms with E-state index in [0.717, 1.165) is 23.1 Å². The third-order valence-electron chi connectivity index (χ3n) is 4.50. The van der Waals surface area contributed by atoms with Crippen molar-refractivity contribution in [3.05, 3.63) is 69.7 Å². The maximum Gasteiger partial charge on any atom is 0.0473 e. The first kappa shape index (κ1) is 15.8. The fraction of sp³-hybridized carbons (Fsp3) is 0.333. The van der Waals surface area contributed by atoms with Crippen molar-refractivity contribution in [1.29, 1.82) is 0 Å². The molecular formula is C18H20Cl2N2. The van der Waals surface area contributed by atoms with Gasteiger partial charge in [0.05, 0.1) is 0 Å². The molecule has 0 aromatic heterocycles. The van der Waals surface area contributed by atoms with Crippen LogP contribution in [-0.4, -0.2) is 37.0 Å². The Kier molecular flexibility index (Phi) is 4.74. The summed E-state index contributed by atoms with van der Waals surface area (Å²) in [7, 11) is 4.38. The lowest BCUT2D eigenvalue weighted by atomic mass is 9.96. The highest BCUT2D eigenvalue weighted by Crippen LogP contribution is 2.33. The first-order valence-corrected chi connectivity index (χ1v) is 8.21. The van der Waals surface area contributed by atoms with Crippen LogP contribution in [-0.2, 0) is 0 Å². The van der Waals surface area contributed by atoms with Gasteiger partial charge in [0.1, 0.15) is 0 Å². The molecule has 3 rings (SSSR count). The summed E-state index contributed by atoms with van der Waals surface area (Å²) in [6, 6.07) is 17.2. The number of rotatable bonds is 2. The van der Waals surface area contributed by atoms with E-state index < -0.39 is 0 Å². The summed E-state index contributed by atoms with van der Waals surface area (Å²) in [4.78, 5) is 4.84. The van der Waals surface area contributed by atoms with E-state index in [2.05, 4.69) is 48.2 Å². The van der Waals surface area contributed by atoms with Gasteiger partial charge >= 0.3 is 0 Å². The highest BCUT2D eigenvalue weighted by molar-refractivity contribution is 6.30. The Balaban J connectivity index is 1.79. The molecule has 0 unspecified atom stereocenters. The molecule has 1 saturated heterocycles. The Morgan fingerprint density at radius 1 is 0.682 bits per heavy atom. The van der Waals surface area contributed by atoms with Crippen molar-refractivity contribution in [3.8, 4) is 0 Å². The molecule has 1 aliphatic rings. The van der Waals surface area contributed by atoms with Gasteiger partial charge in [0.25, 0.3) is 0 Å². The monoisotopic (exact) mass is 334 g/mol.